The second-order valence-electron chi connectivity index (χ2n) is 7.28. The SMILES string of the molecule is CC(C)CC1Nc2ncnc(N(C)Cc3ccc4c(c3)OCO4)c2NC1=O. The quantitative estimate of drug-likeness (QED) is 0.837. The van der Waals surface area contributed by atoms with Crippen molar-refractivity contribution in [2.75, 3.05) is 29.4 Å². The standard InChI is InChI=1S/C19H23N5O3/c1-11(2)6-13-19(25)23-16-17(22-13)20-9-21-18(16)24(3)8-12-4-5-14-15(7-12)27-10-26-14/h4-5,7,9,11,13H,6,8,10H2,1-3H3,(H,23,25)(H,20,21,22). The van der Waals surface area contributed by atoms with Crippen LogP contribution in [0.1, 0.15) is 25.8 Å². The largest absolute Gasteiger partial charge is 0.454 e. The van der Waals surface area contributed by atoms with E-state index in [0.29, 0.717) is 29.8 Å². The fourth-order valence-electron chi connectivity index (χ4n) is 3.36. The fraction of sp³-hybridized carbons (Fsp3) is 0.421. The molecule has 3 heterocycles. The maximum Gasteiger partial charge on any atom is 0.247 e. The second-order valence-corrected chi connectivity index (χ2v) is 7.28. The molecule has 2 aromatic rings. The highest BCUT2D eigenvalue weighted by Crippen LogP contribution is 2.36. The summed E-state index contributed by atoms with van der Waals surface area (Å²) in [7, 11) is 1.93. The third-order valence-electron chi connectivity index (χ3n) is 4.63. The van der Waals surface area contributed by atoms with Gasteiger partial charge in [-0.2, -0.15) is 0 Å². The Morgan fingerprint density at radius 1 is 1.26 bits per heavy atom. The molecule has 1 unspecified atom stereocenters. The van der Waals surface area contributed by atoms with Gasteiger partial charge in [0.15, 0.2) is 23.1 Å². The average molecular weight is 369 g/mol. The number of anilines is 3. The molecule has 2 aliphatic heterocycles. The molecular formula is C19H23N5O3. The number of amides is 1. The predicted molar refractivity (Wildman–Crippen MR) is 102 cm³/mol. The molecule has 0 radical (unpaired) electrons. The molecule has 0 bridgehead atoms. The van der Waals surface area contributed by atoms with Gasteiger partial charge in [-0.25, -0.2) is 9.97 Å². The van der Waals surface area contributed by atoms with Crippen LogP contribution in [0.4, 0.5) is 17.3 Å². The number of hydrogen-bond acceptors (Lipinski definition) is 7. The van der Waals surface area contributed by atoms with Crippen LogP contribution in [0.25, 0.3) is 0 Å². The Balaban J connectivity index is 1.55. The molecule has 1 aromatic carbocycles. The van der Waals surface area contributed by atoms with Crippen molar-refractivity contribution < 1.29 is 14.3 Å². The Bertz CT molecular complexity index is 870. The van der Waals surface area contributed by atoms with Crippen molar-refractivity contribution in [3.05, 3.63) is 30.1 Å². The fourth-order valence-corrected chi connectivity index (χ4v) is 3.36. The predicted octanol–water partition coefficient (Wildman–Crippen LogP) is 2.62. The van der Waals surface area contributed by atoms with Gasteiger partial charge in [0.2, 0.25) is 12.7 Å². The molecule has 8 nitrogen and oxygen atoms in total. The smallest absolute Gasteiger partial charge is 0.247 e. The van der Waals surface area contributed by atoms with E-state index in [1.807, 2.05) is 30.1 Å². The minimum atomic E-state index is -0.278. The zero-order chi connectivity index (χ0) is 19.0. The highest BCUT2D eigenvalue weighted by atomic mass is 16.7. The van der Waals surface area contributed by atoms with Crippen molar-refractivity contribution in [2.24, 2.45) is 5.92 Å². The highest BCUT2D eigenvalue weighted by molar-refractivity contribution is 6.04. The van der Waals surface area contributed by atoms with E-state index >= 15 is 0 Å². The van der Waals surface area contributed by atoms with E-state index in [2.05, 4.69) is 34.4 Å². The maximum absolute atomic E-state index is 12.5. The lowest BCUT2D eigenvalue weighted by Crippen LogP contribution is -2.41. The van der Waals surface area contributed by atoms with Gasteiger partial charge in [-0.05, 0) is 30.0 Å². The summed E-state index contributed by atoms with van der Waals surface area (Å²) >= 11 is 0. The molecule has 1 atom stereocenters. The van der Waals surface area contributed by atoms with E-state index in [1.54, 1.807) is 0 Å². The van der Waals surface area contributed by atoms with Crippen LogP contribution in [0.15, 0.2) is 24.5 Å². The number of nitrogens with zero attached hydrogens (tertiary/aromatic N) is 3. The molecule has 2 N–H and O–H groups in total. The molecule has 4 rings (SSSR count). The van der Waals surface area contributed by atoms with Crippen LogP contribution in [-0.2, 0) is 11.3 Å². The van der Waals surface area contributed by atoms with Crippen LogP contribution in [0.5, 0.6) is 11.5 Å². The lowest BCUT2D eigenvalue weighted by molar-refractivity contribution is -0.117. The van der Waals surface area contributed by atoms with Gasteiger partial charge in [0.05, 0.1) is 0 Å². The third-order valence-corrected chi connectivity index (χ3v) is 4.63. The summed E-state index contributed by atoms with van der Waals surface area (Å²) in [6.45, 7) is 5.04. The minimum Gasteiger partial charge on any atom is -0.454 e. The van der Waals surface area contributed by atoms with Crippen LogP contribution in [-0.4, -0.2) is 35.8 Å². The Labute approximate surface area is 157 Å². The molecule has 142 valence electrons. The van der Waals surface area contributed by atoms with Crippen LogP contribution < -0.4 is 25.0 Å². The van der Waals surface area contributed by atoms with E-state index in [9.17, 15) is 4.79 Å². The summed E-state index contributed by atoms with van der Waals surface area (Å²) in [6.07, 6.45) is 2.26. The first kappa shape index (κ1) is 17.4. The molecule has 0 saturated carbocycles. The summed E-state index contributed by atoms with van der Waals surface area (Å²) in [5.74, 6) is 3.18. The molecule has 2 aliphatic rings. The van der Waals surface area contributed by atoms with Gasteiger partial charge in [-0.1, -0.05) is 19.9 Å². The van der Waals surface area contributed by atoms with Crippen LogP contribution in [0, 0.1) is 5.92 Å². The number of carbonyl (C=O) groups excluding carboxylic acids is 1. The Kier molecular flexibility index (Phi) is 4.47. The van der Waals surface area contributed by atoms with Gasteiger partial charge >= 0.3 is 0 Å². The molecule has 0 fully saturated rings. The van der Waals surface area contributed by atoms with Gasteiger partial charge in [-0.3, -0.25) is 4.79 Å². The van der Waals surface area contributed by atoms with Crippen LogP contribution >= 0.6 is 0 Å². The van der Waals surface area contributed by atoms with Crippen molar-refractivity contribution in [3.8, 4) is 11.5 Å². The number of fused-ring (bicyclic) bond motifs is 2. The third kappa shape index (κ3) is 3.47. The zero-order valence-corrected chi connectivity index (χ0v) is 15.7. The van der Waals surface area contributed by atoms with Crippen LogP contribution in [0.2, 0.25) is 0 Å². The topological polar surface area (TPSA) is 88.6 Å². The van der Waals surface area contributed by atoms with Gasteiger partial charge < -0.3 is 25.0 Å². The molecule has 0 aliphatic carbocycles. The van der Waals surface area contributed by atoms with E-state index in [0.717, 1.165) is 23.5 Å². The van der Waals surface area contributed by atoms with Crippen molar-refractivity contribution in [1.29, 1.82) is 0 Å². The summed E-state index contributed by atoms with van der Waals surface area (Å²) in [5, 5.41) is 6.22. The summed E-state index contributed by atoms with van der Waals surface area (Å²) in [4.78, 5) is 23.1. The van der Waals surface area contributed by atoms with Crippen molar-refractivity contribution in [2.45, 2.75) is 32.9 Å². The van der Waals surface area contributed by atoms with Crippen molar-refractivity contribution in [3.63, 3.8) is 0 Å². The number of hydrogen-bond donors (Lipinski definition) is 2. The van der Waals surface area contributed by atoms with E-state index in [1.165, 1.54) is 6.33 Å². The van der Waals surface area contributed by atoms with Crippen molar-refractivity contribution >= 4 is 23.2 Å². The first-order valence-electron chi connectivity index (χ1n) is 9.03. The first-order chi connectivity index (χ1) is 13.0. The Morgan fingerprint density at radius 2 is 2.07 bits per heavy atom. The van der Waals surface area contributed by atoms with Gasteiger partial charge in [-0.15, -0.1) is 0 Å². The Morgan fingerprint density at radius 3 is 2.89 bits per heavy atom. The molecular weight excluding hydrogens is 346 g/mol. The summed E-state index contributed by atoms with van der Waals surface area (Å²) in [5.41, 5.74) is 1.67. The first-order valence-corrected chi connectivity index (χ1v) is 9.03. The number of benzene rings is 1. The normalized spacial score (nSPS) is 17.3. The van der Waals surface area contributed by atoms with Gasteiger partial charge in [0.25, 0.3) is 0 Å². The lowest BCUT2D eigenvalue weighted by Gasteiger charge is -2.30. The second kappa shape index (κ2) is 6.94. The maximum atomic E-state index is 12.5. The summed E-state index contributed by atoms with van der Waals surface area (Å²) < 4.78 is 10.8. The summed E-state index contributed by atoms with van der Waals surface area (Å²) in [6, 6.07) is 5.58. The van der Waals surface area contributed by atoms with Crippen molar-refractivity contribution in [1.82, 2.24) is 9.97 Å². The van der Waals surface area contributed by atoms with Gasteiger partial charge in [0.1, 0.15) is 18.1 Å². The molecule has 8 heteroatoms. The highest BCUT2D eigenvalue weighted by Gasteiger charge is 2.30. The zero-order valence-electron chi connectivity index (χ0n) is 15.7. The number of aromatic nitrogens is 2. The molecule has 27 heavy (non-hydrogen) atoms. The van der Waals surface area contributed by atoms with E-state index < -0.39 is 0 Å². The molecule has 0 spiro atoms. The molecule has 1 amide bonds. The molecule has 0 saturated heterocycles. The minimum absolute atomic E-state index is 0.0521. The lowest BCUT2D eigenvalue weighted by atomic mass is 10.0. The number of rotatable bonds is 5. The van der Waals surface area contributed by atoms with E-state index in [4.69, 9.17) is 9.47 Å². The van der Waals surface area contributed by atoms with E-state index in [-0.39, 0.29) is 18.7 Å². The van der Waals surface area contributed by atoms with Gasteiger partial charge in [0, 0.05) is 13.6 Å². The van der Waals surface area contributed by atoms with Crippen LogP contribution in [0.3, 0.4) is 0 Å². The monoisotopic (exact) mass is 369 g/mol. The number of nitrogens with one attached hydrogen (secondary N) is 2. The number of ether oxygens (including phenoxy) is 2. The Hall–Kier alpha value is -3.03. The average Bonchev–Trinajstić information content (AvgIpc) is 3.09. The molecule has 1 aromatic heterocycles. The number of carbonyl (C=O) groups is 1.